The molecule has 3 aromatic carbocycles. The number of nitrogens with one attached hydrogen (secondary N) is 2. The van der Waals surface area contributed by atoms with Gasteiger partial charge in [0.15, 0.2) is 23.2 Å². The Balaban J connectivity index is 1.52. The molecule has 1 aliphatic rings. The van der Waals surface area contributed by atoms with Crippen LogP contribution in [0.5, 0.6) is 11.5 Å². The molecule has 0 aliphatic carbocycles. The third kappa shape index (κ3) is 8.49. The molecule has 1 unspecified atom stereocenters. The maximum absolute atomic E-state index is 15.7. The second-order valence-electron chi connectivity index (χ2n) is 15.2. The maximum atomic E-state index is 15.7. The highest BCUT2D eigenvalue weighted by atomic mass is 32.2. The number of benzene rings is 3. The van der Waals surface area contributed by atoms with Crippen molar-refractivity contribution >= 4 is 22.7 Å². The molecule has 2 N–H and O–H groups in total. The minimum absolute atomic E-state index is 0.0759. The average molecular weight is 740 g/mol. The SMILES string of the molecule is CC(C)Cc1cccc(C2(CNCC(F)(F)F)CCCC(C)(C)CSCCc3c(c(F)cc4[nH]ccc34)Oc3ccc(F)c(c3)-c3nc2nn3C)c1. The van der Waals surface area contributed by atoms with Gasteiger partial charge in [0.2, 0.25) is 0 Å². The number of H-pyrrole nitrogens is 1. The topological polar surface area (TPSA) is 67.8 Å². The van der Waals surface area contributed by atoms with Crippen LogP contribution in [-0.2, 0) is 25.3 Å². The summed E-state index contributed by atoms with van der Waals surface area (Å²) in [5.41, 5.74) is 2.15. The second-order valence-corrected chi connectivity index (χ2v) is 16.3. The standard InChI is InChI=1S/C40H46F5N5OS/c1-25(2)18-26-8-6-9-27(19-26)39(22-46-23-40(43,44)45)15-7-14-38(3,4)24-52-17-13-30-29-12-16-47-34(29)21-33(42)35(30)51-28-10-11-32(41)31(20-28)36-48-37(39)49-50(36)5/h6,8-12,16,19-21,25,46-47H,7,13-15,17-18,22-24H2,1-5H3. The third-order valence-corrected chi connectivity index (χ3v) is 11.3. The van der Waals surface area contributed by atoms with Crippen LogP contribution in [0.1, 0.15) is 69.5 Å². The zero-order valence-corrected chi connectivity index (χ0v) is 31.1. The molecular weight excluding hydrogens is 694 g/mol. The number of aromatic nitrogens is 4. The molecule has 0 fully saturated rings. The number of nitrogens with zero attached hydrogens (tertiary/aromatic N) is 3. The van der Waals surface area contributed by atoms with Crippen LogP contribution in [0, 0.1) is 23.0 Å². The zero-order valence-electron chi connectivity index (χ0n) is 30.3. The number of aryl methyl sites for hydroxylation is 2. The van der Waals surface area contributed by atoms with Crippen molar-refractivity contribution in [2.45, 2.75) is 71.4 Å². The Labute approximate surface area is 305 Å². The van der Waals surface area contributed by atoms with Crippen molar-refractivity contribution in [3.05, 3.63) is 94.9 Å². The molecule has 0 spiro atoms. The fraction of sp³-hybridized carbons (Fsp3) is 0.450. The first kappa shape index (κ1) is 37.8. The second kappa shape index (κ2) is 15.2. The number of rotatable bonds is 6. The van der Waals surface area contributed by atoms with E-state index in [0.717, 1.165) is 40.7 Å². The summed E-state index contributed by atoms with van der Waals surface area (Å²) < 4.78 is 80.0. The fourth-order valence-electron chi connectivity index (χ4n) is 7.26. The van der Waals surface area contributed by atoms with Gasteiger partial charge < -0.3 is 15.0 Å². The predicted octanol–water partition coefficient (Wildman–Crippen LogP) is 10.2. The monoisotopic (exact) mass is 739 g/mol. The third-order valence-electron chi connectivity index (χ3n) is 9.78. The Morgan fingerprint density at radius 1 is 1.04 bits per heavy atom. The first-order valence-corrected chi connectivity index (χ1v) is 18.9. The molecule has 3 heterocycles. The summed E-state index contributed by atoms with van der Waals surface area (Å²) in [5, 5.41) is 8.38. The molecule has 6 nitrogen and oxygen atoms in total. The molecule has 278 valence electrons. The smallest absolute Gasteiger partial charge is 0.401 e. The average Bonchev–Trinajstić information content (AvgIpc) is 3.69. The van der Waals surface area contributed by atoms with E-state index in [1.54, 1.807) is 25.0 Å². The summed E-state index contributed by atoms with van der Waals surface area (Å²) in [6, 6.07) is 15.4. The molecule has 0 saturated heterocycles. The van der Waals surface area contributed by atoms with E-state index in [1.165, 1.54) is 28.9 Å². The maximum Gasteiger partial charge on any atom is 0.401 e. The van der Waals surface area contributed by atoms with Gasteiger partial charge in [-0.15, -0.1) is 0 Å². The minimum Gasteiger partial charge on any atom is -0.454 e. The van der Waals surface area contributed by atoms with Gasteiger partial charge in [0, 0.05) is 42.3 Å². The molecule has 52 heavy (non-hydrogen) atoms. The number of alkyl halides is 3. The lowest BCUT2D eigenvalue weighted by molar-refractivity contribution is -0.125. The van der Waals surface area contributed by atoms with Gasteiger partial charge in [0.25, 0.3) is 0 Å². The first-order valence-electron chi connectivity index (χ1n) is 17.8. The number of halogens is 5. The highest BCUT2D eigenvalue weighted by molar-refractivity contribution is 7.99. The molecule has 1 atom stereocenters. The largest absolute Gasteiger partial charge is 0.454 e. The normalized spacial score (nSPS) is 18.5. The van der Waals surface area contributed by atoms with Crippen molar-refractivity contribution < 1.29 is 26.7 Å². The van der Waals surface area contributed by atoms with Crippen LogP contribution < -0.4 is 10.1 Å². The zero-order chi connectivity index (χ0) is 37.3. The number of thioether (sulfide) groups is 1. The summed E-state index contributed by atoms with van der Waals surface area (Å²) in [6.07, 6.45) is 0.619. The predicted molar refractivity (Wildman–Crippen MR) is 198 cm³/mol. The molecule has 0 radical (unpaired) electrons. The van der Waals surface area contributed by atoms with Crippen LogP contribution in [0.2, 0.25) is 0 Å². The number of fused-ring (bicyclic) bond motifs is 8. The Kier molecular flexibility index (Phi) is 11.1. The molecule has 6 rings (SSSR count). The van der Waals surface area contributed by atoms with Gasteiger partial charge in [-0.2, -0.15) is 30.0 Å². The van der Waals surface area contributed by atoms with Crippen molar-refractivity contribution in [2.24, 2.45) is 18.4 Å². The van der Waals surface area contributed by atoms with E-state index < -0.39 is 29.8 Å². The van der Waals surface area contributed by atoms with Crippen LogP contribution in [-0.4, -0.2) is 50.5 Å². The fourth-order valence-corrected chi connectivity index (χ4v) is 8.45. The minimum atomic E-state index is -4.42. The van der Waals surface area contributed by atoms with Crippen molar-refractivity contribution in [2.75, 3.05) is 24.6 Å². The number of aromatic amines is 1. The van der Waals surface area contributed by atoms with E-state index in [0.29, 0.717) is 42.3 Å². The highest BCUT2D eigenvalue weighted by Gasteiger charge is 2.41. The van der Waals surface area contributed by atoms with Gasteiger partial charge in [-0.05, 0) is 83.9 Å². The van der Waals surface area contributed by atoms with E-state index in [-0.39, 0.29) is 34.8 Å². The van der Waals surface area contributed by atoms with Gasteiger partial charge in [-0.1, -0.05) is 58.4 Å². The van der Waals surface area contributed by atoms with Crippen LogP contribution >= 0.6 is 11.8 Å². The van der Waals surface area contributed by atoms with Gasteiger partial charge in [-0.25, -0.2) is 18.4 Å². The molecule has 5 aromatic rings. The van der Waals surface area contributed by atoms with E-state index in [2.05, 4.69) is 44.1 Å². The highest BCUT2D eigenvalue weighted by Crippen LogP contribution is 2.41. The Morgan fingerprint density at radius 2 is 1.85 bits per heavy atom. The first-order chi connectivity index (χ1) is 24.6. The van der Waals surface area contributed by atoms with Crippen LogP contribution in [0.3, 0.4) is 0 Å². The lowest BCUT2D eigenvalue weighted by atomic mass is 9.73. The molecule has 4 bridgehead atoms. The number of hydrogen-bond donors (Lipinski definition) is 2. The molecule has 0 amide bonds. The molecule has 2 aromatic heterocycles. The number of hydrogen-bond acceptors (Lipinski definition) is 5. The summed E-state index contributed by atoms with van der Waals surface area (Å²) in [7, 11) is 1.64. The molecule has 1 aliphatic heterocycles. The quantitative estimate of drug-likeness (QED) is 0.170. The lowest BCUT2D eigenvalue weighted by Gasteiger charge is -2.34. The van der Waals surface area contributed by atoms with E-state index in [9.17, 15) is 13.2 Å². The van der Waals surface area contributed by atoms with E-state index >= 15 is 8.78 Å². The van der Waals surface area contributed by atoms with Crippen LogP contribution in [0.15, 0.2) is 60.8 Å². The van der Waals surface area contributed by atoms with E-state index in [1.807, 2.05) is 24.3 Å². The van der Waals surface area contributed by atoms with Crippen molar-refractivity contribution in [3.63, 3.8) is 0 Å². The summed E-state index contributed by atoms with van der Waals surface area (Å²) in [5.74, 6) is 1.55. The summed E-state index contributed by atoms with van der Waals surface area (Å²) in [6.45, 7) is 7.37. The van der Waals surface area contributed by atoms with Gasteiger partial charge in [0.05, 0.1) is 17.5 Å². The van der Waals surface area contributed by atoms with Crippen LogP contribution in [0.4, 0.5) is 22.0 Å². The van der Waals surface area contributed by atoms with Crippen LogP contribution in [0.25, 0.3) is 22.3 Å². The lowest BCUT2D eigenvalue weighted by Crippen LogP contribution is -2.43. The van der Waals surface area contributed by atoms with Crippen molar-refractivity contribution in [1.82, 2.24) is 25.1 Å². The van der Waals surface area contributed by atoms with E-state index in [4.69, 9.17) is 14.8 Å². The summed E-state index contributed by atoms with van der Waals surface area (Å²) in [4.78, 5) is 8.02. The number of ether oxygens (including phenoxy) is 1. The molecule has 12 heteroatoms. The van der Waals surface area contributed by atoms with Gasteiger partial charge in [0.1, 0.15) is 11.6 Å². The van der Waals surface area contributed by atoms with Crippen molar-refractivity contribution in [3.8, 4) is 22.9 Å². The van der Waals surface area contributed by atoms with Gasteiger partial charge in [-0.3, -0.25) is 0 Å². The Hall–Kier alpha value is -3.90. The Bertz CT molecular complexity index is 2020. The molecule has 0 saturated carbocycles. The van der Waals surface area contributed by atoms with Crippen molar-refractivity contribution in [1.29, 1.82) is 0 Å². The van der Waals surface area contributed by atoms with Gasteiger partial charge >= 0.3 is 6.18 Å². The molecular formula is C40H46F5N5OS. The Morgan fingerprint density at radius 3 is 2.62 bits per heavy atom. The summed E-state index contributed by atoms with van der Waals surface area (Å²) >= 11 is 1.77.